The van der Waals surface area contributed by atoms with Crippen molar-refractivity contribution >= 4 is 27.9 Å². The minimum absolute atomic E-state index is 0.245. The predicted octanol–water partition coefficient (Wildman–Crippen LogP) is 7.65. The molecule has 0 fully saturated rings. The Morgan fingerprint density at radius 1 is 0.854 bits per heavy atom. The monoisotopic (exact) mass is 554 g/mol. The Morgan fingerprint density at radius 2 is 1.44 bits per heavy atom. The summed E-state index contributed by atoms with van der Waals surface area (Å²) in [7, 11) is 2.17. The normalized spacial score (nSPS) is 14.8. The van der Waals surface area contributed by atoms with Gasteiger partial charge in [0.15, 0.2) is 0 Å². The van der Waals surface area contributed by atoms with Crippen LogP contribution in [0.4, 0.5) is 4.79 Å². The highest BCUT2D eigenvalue weighted by atomic mass is 16.6. The molecular formula is C35H46N4O2. The third kappa shape index (κ3) is 7.62. The molecule has 4 aromatic rings. The number of hydrogen-bond donors (Lipinski definition) is 0. The molecule has 4 heterocycles. The summed E-state index contributed by atoms with van der Waals surface area (Å²) in [5, 5.41) is 2.42. The highest BCUT2D eigenvalue weighted by Crippen LogP contribution is 2.25. The number of aromatic nitrogens is 2. The topological polar surface area (TPSA) is 58.6 Å². The maximum Gasteiger partial charge on any atom is 0.410 e. The van der Waals surface area contributed by atoms with Gasteiger partial charge in [0.05, 0.1) is 17.6 Å². The highest BCUT2D eigenvalue weighted by Gasteiger charge is 2.26. The quantitative estimate of drug-likeness (QED) is 0.242. The third-order valence-electron chi connectivity index (χ3n) is 7.40. The minimum Gasteiger partial charge on any atom is -0.444 e. The van der Waals surface area contributed by atoms with Gasteiger partial charge < -0.3 is 14.5 Å². The zero-order valence-corrected chi connectivity index (χ0v) is 26.2. The smallest absolute Gasteiger partial charge is 0.410 e. The maximum atomic E-state index is 12.3. The zero-order chi connectivity index (χ0) is 29.7. The number of likely N-dealkylation sites (N-methyl/N-ethyl adjacent to an activating group) is 1. The zero-order valence-electron chi connectivity index (χ0n) is 26.2. The lowest BCUT2D eigenvalue weighted by molar-refractivity contribution is 0.0223. The molecule has 2 aliphatic rings. The molecule has 6 rings (SSSR count). The molecule has 0 unspecified atom stereocenters. The van der Waals surface area contributed by atoms with Gasteiger partial charge in [0.2, 0.25) is 0 Å². The third-order valence-corrected chi connectivity index (χ3v) is 7.40. The molecule has 0 radical (unpaired) electrons. The van der Waals surface area contributed by atoms with Crippen molar-refractivity contribution in [2.75, 3.05) is 20.1 Å². The number of aryl methyl sites for hydroxylation is 2. The van der Waals surface area contributed by atoms with Gasteiger partial charge in [-0.05, 0) is 94.3 Å². The summed E-state index contributed by atoms with van der Waals surface area (Å²) in [5.74, 6) is 0. The first-order valence-corrected chi connectivity index (χ1v) is 15.0. The van der Waals surface area contributed by atoms with Crippen LogP contribution >= 0.6 is 0 Å². The molecule has 41 heavy (non-hydrogen) atoms. The Labute approximate surface area is 245 Å². The first-order chi connectivity index (χ1) is 19.6. The lowest BCUT2D eigenvalue weighted by atomic mass is 10.0. The molecule has 0 atom stereocenters. The average molecular weight is 555 g/mol. The van der Waals surface area contributed by atoms with E-state index < -0.39 is 5.60 Å². The van der Waals surface area contributed by atoms with Crippen LogP contribution in [-0.2, 0) is 37.1 Å². The summed E-state index contributed by atoms with van der Waals surface area (Å²) in [6.45, 7) is 17.3. The number of rotatable bonds is 1. The summed E-state index contributed by atoms with van der Waals surface area (Å²) < 4.78 is 5.48. The molecule has 2 aliphatic heterocycles. The molecule has 0 spiro atoms. The number of ether oxygens (including phenoxy) is 1. The Hall–Kier alpha value is -3.51. The van der Waals surface area contributed by atoms with Gasteiger partial charge in [-0.15, -0.1) is 0 Å². The molecule has 2 aromatic carbocycles. The van der Waals surface area contributed by atoms with Gasteiger partial charge in [-0.1, -0.05) is 38.5 Å². The van der Waals surface area contributed by atoms with Gasteiger partial charge in [0, 0.05) is 54.6 Å². The predicted molar refractivity (Wildman–Crippen MR) is 169 cm³/mol. The van der Waals surface area contributed by atoms with Crippen molar-refractivity contribution < 1.29 is 9.53 Å². The van der Waals surface area contributed by atoms with Crippen LogP contribution in [0, 0.1) is 6.92 Å². The molecule has 6 nitrogen and oxygen atoms in total. The fourth-order valence-corrected chi connectivity index (χ4v) is 5.29. The van der Waals surface area contributed by atoms with Crippen molar-refractivity contribution in [2.45, 2.75) is 86.4 Å². The number of benzene rings is 2. The molecule has 0 aliphatic carbocycles. The second-order valence-corrected chi connectivity index (χ2v) is 11.9. The summed E-state index contributed by atoms with van der Waals surface area (Å²) in [4.78, 5) is 25.9. The molecule has 0 saturated carbocycles. The van der Waals surface area contributed by atoms with Crippen LogP contribution < -0.4 is 0 Å². The fraction of sp³-hybridized carbons (Fsp3) is 0.457. The highest BCUT2D eigenvalue weighted by molar-refractivity contribution is 5.81. The summed E-state index contributed by atoms with van der Waals surface area (Å²) in [6.07, 6.45) is 2.62. The molecule has 6 heteroatoms. The van der Waals surface area contributed by atoms with Crippen molar-refractivity contribution in [1.82, 2.24) is 19.8 Å². The SMILES string of the molecule is CC.CCc1ccc2nc3c(cc2c1)CN(C(=O)OC(C)(C)C)CC3.Cc1ccc2nc3c(cc2c1)CN(C)CC3. The lowest BCUT2D eigenvalue weighted by Crippen LogP contribution is -2.40. The lowest BCUT2D eigenvalue weighted by Gasteiger charge is -2.31. The Morgan fingerprint density at radius 3 is 2.07 bits per heavy atom. The molecule has 1 amide bonds. The van der Waals surface area contributed by atoms with Gasteiger partial charge >= 0.3 is 6.09 Å². The van der Waals surface area contributed by atoms with E-state index in [4.69, 9.17) is 14.7 Å². The number of fused-ring (bicyclic) bond motifs is 4. The molecule has 0 N–H and O–H groups in total. The van der Waals surface area contributed by atoms with Crippen LogP contribution in [0.3, 0.4) is 0 Å². The Balaban J connectivity index is 0.000000188. The molecule has 218 valence electrons. The average Bonchev–Trinajstić information content (AvgIpc) is 2.95. The fourth-order valence-electron chi connectivity index (χ4n) is 5.29. The first-order valence-electron chi connectivity index (χ1n) is 15.0. The molecule has 0 saturated heterocycles. The van der Waals surface area contributed by atoms with Gasteiger partial charge in [0.1, 0.15) is 5.60 Å². The van der Waals surface area contributed by atoms with E-state index in [1.54, 1.807) is 4.90 Å². The summed E-state index contributed by atoms with van der Waals surface area (Å²) in [5.41, 5.74) is 9.22. The van der Waals surface area contributed by atoms with Crippen molar-refractivity contribution in [2.24, 2.45) is 0 Å². The van der Waals surface area contributed by atoms with E-state index in [9.17, 15) is 4.79 Å². The number of hydrogen-bond acceptors (Lipinski definition) is 5. The van der Waals surface area contributed by atoms with E-state index in [1.165, 1.54) is 27.8 Å². The van der Waals surface area contributed by atoms with Crippen molar-refractivity contribution in [3.8, 4) is 0 Å². The van der Waals surface area contributed by atoms with Crippen LogP contribution in [0.25, 0.3) is 21.8 Å². The van der Waals surface area contributed by atoms with Crippen molar-refractivity contribution in [1.29, 1.82) is 0 Å². The van der Waals surface area contributed by atoms with Gasteiger partial charge in [-0.3, -0.25) is 9.97 Å². The van der Waals surface area contributed by atoms with E-state index >= 15 is 0 Å². The van der Waals surface area contributed by atoms with Crippen molar-refractivity contribution in [3.05, 3.63) is 82.2 Å². The Bertz CT molecular complexity index is 1520. The second kappa shape index (κ2) is 13.0. The number of pyridine rings is 2. The number of carbonyl (C=O) groups excluding carboxylic acids is 1. The Kier molecular flexibility index (Phi) is 9.64. The number of nitrogens with zero attached hydrogens (tertiary/aromatic N) is 4. The summed E-state index contributed by atoms with van der Waals surface area (Å²) in [6, 6.07) is 17.4. The van der Waals surface area contributed by atoms with Crippen molar-refractivity contribution in [3.63, 3.8) is 0 Å². The van der Waals surface area contributed by atoms with Gasteiger partial charge in [-0.25, -0.2) is 4.79 Å². The van der Waals surface area contributed by atoms with Crippen LogP contribution in [0.2, 0.25) is 0 Å². The minimum atomic E-state index is -0.463. The second-order valence-electron chi connectivity index (χ2n) is 11.9. The van der Waals surface area contributed by atoms with Crippen LogP contribution in [0.5, 0.6) is 0 Å². The van der Waals surface area contributed by atoms with Crippen LogP contribution in [0.1, 0.15) is 75.2 Å². The number of carbonyl (C=O) groups is 1. The molecule has 2 aromatic heterocycles. The van der Waals surface area contributed by atoms with Crippen LogP contribution in [-0.4, -0.2) is 51.6 Å². The van der Waals surface area contributed by atoms with E-state index in [-0.39, 0.29) is 6.09 Å². The van der Waals surface area contributed by atoms with Gasteiger partial charge in [-0.2, -0.15) is 0 Å². The van der Waals surface area contributed by atoms with Gasteiger partial charge in [0.25, 0.3) is 0 Å². The van der Waals surface area contributed by atoms with E-state index in [0.29, 0.717) is 13.1 Å². The van der Waals surface area contributed by atoms with E-state index in [2.05, 4.69) is 74.3 Å². The van der Waals surface area contributed by atoms with E-state index in [0.717, 1.165) is 60.0 Å². The summed E-state index contributed by atoms with van der Waals surface area (Å²) >= 11 is 0. The van der Waals surface area contributed by atoms with E-state index in [1.807, 2.05) is 34.6 Å². The van der Waals surface area contributed by atoms with Crippen LogP contribution in [0.15, 0.2) is 48.5 Å². The maximum absolute atomic E-state index is 12.3. The standard InChI is InChI=1S/C19H24N2O2.C14H16N2.C2H6/c1-5-13-6-7-16-14(10-13)11-15-12-21(9-8-17(15)20-16)18(22)23-19(2,3)4;1-10-3-4-13-11(7-10)8-12-9-16(2)6-5-14(12)15-13;1-2/h6-7,10-11H,5,8-9,12H2,1-4H3;3-4,7-8H,5-6,9H2,1-2H3;1-2H3. The molecule has 0 bridgehead atoms. The molecular weight excluding hydrogens is 508 g/mol. The largest absolute Gasteiger partial charge is 0.444 e. The first kappa shape index (κ1) is 30.4. The number of amides is 1.